The summed E-state index contributed by atoms with van der Waals surface area (Å²) in [5.41, 5.74) is 0. The fourth-order valence-electron chi connectivity index (χ4n) is 0.809. The third-order valence-electron chi connectivity index (χ3n) is 1.52. The third-order valence-corrected chi connectivity index (χ3v) is 3.74. The predicted octanol–water partition coefficient (Wildman–Crippen LogP) is 4.06. The van der Waals surface area contributed by atoms with Crippen molar-refractivity contribution in [3.8, 4) is 5.75 Å². The predicted molar refractivity (Wildman–Crippen MR) is 80.8 cm³/mol. The van der Waals surface area contributed by atoms with Crippen LogP contribution in [-0.2, 0) is 4.79 Å². The van der Waals surface area contributed by atoms with E-state index in [9.17, 15) is 13.6 Å². The summed E-state index contributed by atoms with van der Waals surface area (Å²) < 4.78 is 32.2. The molecule has 0 bridgehead atoms. The van der Waals surface area contributed by atoms with E-state index in [1.54, 1.807) is 12.1 Å². The quantitative estimate of drug-likeness (QED) is 0.308. The molecule has 0 aromatic heterocycles. The zero-order chi connectivity index (χ0) is 12.5. The largest absolute Gasteiger partial charge is 0.420 e. The van der Waals surface area contributed by atoms with Crippen molar-refractivity contribution in [3.63, 3.8) is 0 Å². The van der Waals surface area contributed by atoms with Crippen LogP contribution in [0.25, 0.3) is 0 Å². The van der Waals surface area contributed by atoms with Gasteiger partial charge in [0.2, 0.25) is 0 Å². The van der Waals surface area contributed by atoms with E-state index >= 15 is 0 Å². The maximum atomic E-state index is 12.7. The summed E-state index contributed by atoms with van der Waals surface area (Å²) in [7, 11) is 0. The van der Waals surface area contributed by atoms with Crippen molar-refractivity contribution in [3.05, 3.63) is 22.8 Å². The lowest BCUT2D eigenvalue weighted by Crippen LogP contribution is -2.29. The summed E-state index contributed by atoms with van der Waals surface area (Å²) in [5.74, 6) is -4.83. The van der Waals surface area contributed by atoms with Crippen molar-refractivity contribution in [1.29, 1.82) is 0 Å². The lowest BCUT2D eigenvalue weighted by molar-refractivity contribution is -0.158. The minimum absolute atomic E-state index is 0.188. The summed E-state index contributed by atoms with van der Waals surface area (Å²) in [4.78, 5) is 11.0. The highest BCUT2D eigenvalue weighted by Crippen LogP contribution is 2.31. The van der Waals surface area contributed by atoms with Crippen molar-refractivity contribution in [1.82, 2.24) is 0 Å². The number of halogens is 5. The standard InChI is InChI=1S/C9H5F2I3O2/c1-9(10,11)8(15)16-7-5(13)2-4(12)3-6(7)14/h2-3H,1H3. The molecule has 0 N–H and O–H groups in total. The number of carbonyl (C=O) groups is 1. The van der Waals surface area contributed by atoms with Crippen LogP contribution in [0, 0.1) is 10.7 Å². The molecule has 0 heterocycles. The number of benzene rings is 1. The fraction of sp³-hybridized carbons (Fsp3) is 0.222. The summed E-state index contributed by atoms with van der Waals surface area (Å²) in [6.07, 6.45) is 0. The summed E-state index contributed by atoms with van der Waals surface area (Å²) in [6, 6.07) is 3.50. The minimum atomic E-state index is -3.48. The topological polar surface area (TPSA) is 26.3 Å². The fourth-order valence-corrected chi connectivity index (χ4v) is 4.61. The molecule has 7 heteroatoms. The van der Waals surface area contributed by atoms with Crippen LogP contribution in [0.15, 0.2) is 12.1 Å². The van der Waals surface area contributed by atoms with Crippen LogP contribution in [0.1, 0.15) is 6.92 Å². The third kappa shape index (κ3) is 3.89. The Kier molecular flexibility index (Phi) is 5.17. The van der Waals surface area contributed by atoms with E-state index in [0.717, 1.165) is 3.57 Å². The van der Waals surface area contributed by atoms with Gasteiger partial charge in [0.05, 0.1) is 7.14 Å². The molecule has 0 aliphatic heterocycles. The maximum absolute atomic E-state index is 12.7. The van der Waals surface area contributed by atoms with Crippen molar-refractivity contribution in [2.75, 3.05) is 0 Å². The van der Waals surface area contributed by atoms with Crippen LogP contribution in [0.2, 0.25) is 0 Å². The van der Waals surface area contributed by atoms with Crippen LogP contribution in [0.5, 0.6) is 5.75 Å². The molecule has 0 atom stereocenters. The van der Waals surface area contributed by atoms with E-state index in [-0.39, 0.29) is 5.75 Å². The molecule has 0 fully saturated rings. The van der Waals surface area contributed by atoms with Gasteiger partial charge in [0.25, 0.3) is 0 Å². The number of esters is 1. The molecule has 16 heavy (non-hydrogen) atoms. The van der Waals surface area contributed by atoms with Crippen LogP contribution in [0.4, 0.5) is 8.78 Å². The van der Waals surface area contributed by atoms with Gasteiger partial charge >= 0.3 is 11.9 Å². The summed E-state index contributed by atoms with van der Waals surface area (Å²) in [5, 5.41) is 0. The van der Waals surface area contributed by atoms with Crippen LogP contribution in [0.3, 0.4) is 0 Å². The Morgan fingerprint density at radius 3 is 2.06 bits per heavy atom. The first-order chi connectivity index (χ1) is 7.21. The highest BCUT2D eigenvalue weighted by atomic mass is 127. The van der Waals surface area contributed by atoms with Crippen molar-refractivity contribution in [2.45, 2.75) is 12.8 Å². The van der Waals surface area contributed by atoms with Gasteiger partial charge in [-0.2, -0.15) is 8.78 Å². The smallest absolute Gasteiger partial charge is 0.382 e. The average molecular weight is 564 g/mol. The first kappa shape index (κ1) is 14.8. The van der Waals surface area contributed by atoms with Gasteiger partial charge in [0, 0.05) is 10.5 Å². The Morgan fingerprint density at radius 1 is 1.25 bits per heavy atom. The molecule has 0 aliphatic rings. The van der Waals surface area contributed by atoms with Crippen LogP contribution in [-0.4, -0.2) is 11.9 Å². The molecule has 2 nitrogen and oxygen atoms in total. The number of carbonyl (C=O) groups excluding carboxylic acids is 1. The van der Waals surface area contributed by atoms with Gasteiger partial charge < -0.3 is 4.74 Å². The molecule has 0 saturated carbocycles. The van der Waals surface area contributed by atoms with Gasteiger partial charge in [-0.25, -0.2) is 4.79 Å². The summed E-state index contributed by atoms with van der Waals surface area (Å²) in [6.45, 7) is 0.516. The molecular weight excluding hydrogens is 559 g/mol. The SMILES string of the molecule is CC(F)(F)C(=O)Oc1c(I)cc(I)cc1I. The molecule has 0 aliphatic carbocycles. The van der Waals surface area contributed by atoms with E-state index in [4.69, 9.17) is 0 Å². The van der Waals surface area contributed by atoms with Crippen LogP contribution < -0.4 is 4.74 Å². The number of ether oxygens (including phenoxy) is 1. The summed E-state index contributed by atoms with van der Waals surface area (Å²) >= 11 is 5.98. The molecule has 0 unspecified atom stereocenters. The van der Waals surface area contributed by atoms with E-state index < -0.39 is 11.9 Å². The zero-order valence-electron chi connectivity index (χ0n) is 7.86. The molecule has 88 valence electrons. The number of rotatable bonds is 2. The lowest BCUT2D eigenvalue weighted by atomic mass is 10.3. The molecule has 0 spiro atoms. The average Bonchev–Trinajstić information content (AvgIpc) is 2.08. The van der Waals surface area contributed by atoms with E-state index in [1.165, 1.54) is 0 Å². The van der Waals surface area contributed by atoms with E-state index in [2.05, 4.69) is 27.3 Å². The minimum Gasteiger partial charge on any atom is -0.420 e. The second-order valence-electron chi connectivity index (χ2n) is 2.98. The van der Waals surface area contributed by atoms with Crippen molar-refractivity contribution < 1.29 is 18.3 Å². The molecular formula is C9H5F2I3O2. The van der Waals surface area contributed by atoms with Gasteiger partial charge in [-0.3, -0.25) is 0 Å². The highest BCUT2D eigenvalue weighted by molar-refractivity contribution is 14.1. The second kappa shape index (κ2) is 5.59. The van der Waals surface area contributed by atoms with Gasteiger partial charge in [0.15, 0.2) is 5.75 Å². The highest BCUT2D eigenvalue weighted by Gasteiger charge is 2.35. The molecule has 1 rings (SSSR count). The maximum Gasteiger partial charge on any atom is 0.382 e. The van der Waals surface area contributed by atoms with E-state index in [0.29, 0.717) is 14.1 Å². The lowest BCUT2D eigenvalue weighted by Gasteiger charge is -2.12. The number of hydrogen-bond donors (Lipinski definition) is 0. The zero-order valence-corrected chi connectivity index (χ0v) is 14.3. The second-order valence-corrected chi connectivity index (χ2v) is 6.55. The van der Waals surface area contributed by atoms with Gasteiger partial charge in [0.1, 0.15) is 0 Å². The Balaban J connectivity index is 3.03. The van der Waals surface area contributed by atoms with E-state index in [1.807, 2.05) is 45.2 Å². The normalized spacial score (nSPS) is 11.4. The molecule has 0 saturated heterocycles. The molecule has 1 aromatic rings. The monoisotopic (exact) mass is 564 g/mol. The molecule has 1 aromatic carbocycles. The first-order valence-corrected chi connectivity index (χ1v) is 7.20. The van der Waals surface area contributed by atoms with Crippen molar-refractivity contribution in [2.24, 2.45) is 0 Å². The molecule has 0 radical (unpaired) electrons. The Labute approximate surface area is 132 Å². The van der Waals surface area contributed by atoms with Gasteiger partial charge in [-0.1, -0.05) is 0 Å². The Bertz CT molecular complexity index is 406. The van der Waals surface area contributed by atoms with Crippen LogP contribution >= 0.6 is 67.8 Å². The Morgan fingerprint density at radius 2 is 1.69 bits per heavy atom. The van der Waals surface area contributed by atoms with Gasteiger partial charge in [-0.15, -0.1) is 0 Å². The van der Waals surface area contributed by atoms with Crippen molar-refractivity contribution >= 4 is 73.7 Å². The molecule has 0 amide bonds. The van der Waals surface area contributed by atoms with Gasteiger partial charge in [-0.05, 0) is 79.9 Å². The number of alkyl halides is 2. The number of hydrogen-bond acceptors (Lipinski definition) is 2. The Hall–Kier alpha value is 0.740. The first-order valence-electron chi connectivity index (χ1n) is 3.96.